The Bertz CT molecular complexity index is 545. The van der Waals surface area contributed by atoms with Crippen LogP contribution < -0.4 is 0 Å². The monoisotopic (exact) mass is 263 g/mol. The highest BCUT2D eigenvalue weighted by molar-refractivity contribution is 6.36. The number of hydrogen-bond acceptors (Lipinski definition) is 1. The first-order valence-corrected chi connectivity index (χ1v) is 5.96. The molecule has 0 bridgehead atoms. The quantitative estimate of drug-likeness (QED) is 0.673. The minimum Gasteiger partial charge on any atom is -0.256 e. The number of rotatable bonds is 2. The molecule has 0 saturated heterocycles. The van der Waals surface area contributed by atoms with Gasteiger partial charge >= 0.3 is 0 Å². The third kappa shape index (κ3) is 3.32. The maximum Gasteiger partial charge on any atom is 0.0630 e. The molecule has 2 aromatic carbocycles. The smallest absolute Gasteiger partial charge is 0.0630 e. The van der Waals surface area contributed by atoms with Crippen LogP contribution in [0.3, 0.4) is 0 Å². The van der Waals surface area contributed by atoms with Gasteiger partial charge in [0.05, 0.1) is 10.7 Å². The molecule has 3 heteroatoms. The first-order chi connectivity index (χ1) is 8.15. The molecule has 0 aliphatic rings. The van der Waals surface area contributed by atoms with Crippen molar-refractivity contribution in [3.05, 3.63) is 63.6 Å². The Kier molecular flexibility index (Phi) is 3.82. The summed E-state index contributed by atoms with van der Waals surface area (Å²) in [7, 11) is 0. The minimum absolute atomic E-state index is 0.605. The van der Waals surface area contributed by atoms with Crippen molar-refractivity contribution >= 4 is 35.1 Å². The van der Waals surface area contributed by atoms with E-state index >= 15 is 0 Å². The SMILES string of the molecule is Cc1ccc(N=Cc2ccc(Cl)cc2Cl)cc1. The lowest BCUT2D eigenvalue weighted by Gasteiger charge is -1.98. The average Bonchev–Trinajstić information content (AvgIpc) is 2.30. The van der Waals surface area contributed by atoms with Crippen LogP contribution in [-0.4, -0.2) is 6.21 Å². The predicted octanol–water partition coefficient (Wildman–Crippen LogP) is 5.05. The number of benzene rings is 2. The Balaban J connectivity index is 2.23. The van der Waals surface area contributed by atoms with Crippen LogP contribution >= 0.6 is 23.2 Å². The summed E-state index contributed by atoms with van der Waals surface area (Å²) in [5.74, 6) is 0. The van der Waals surface area contributed by atoms with Crippen molar-refractivity contribution in [3.8, 4) is 0 Å². The van der Waals surface area contributed by atoms with Gasteiger partial charge in [-0.15, -0.1) is 0 Å². The van der Waals surface area contributed by atoms with E-state index < -0.39 is 0 Å². The van der Waals surface area contributed by atoms with E-state index in [0.29, 0.717) is 10.0 Å². The zero-order chi connectivity index (χ0) is 12.3. The molecule has 0 spiro atoms. The molecule has 0 aliphatic heterocycles. The molecule has 2 aromatic rings. The van der Waals surface area contributed by atoms with Crippen LogP contribution in [-0.2, 0) is 0 Å². The van der Waals surface area contributed by atoms with Crippen LogP contribution in [0.15, 0.2) is 47.5 Å². The summed E-state index contributed by atoms with van der Waals surface area (Å²) in [4.78, 5) is 4.36. The number of aryl methyl sites for hydroxylation is 1. The molecule has 0 N–H and O–H groups in total. The van der Waals surface area contributed by atoms with Crippen LogP contribution in [0, 0.1) is 6.92 Å². The maximum atomic E-state index is 6.05. The normalized spacial score (nSPS) is 11.0. The van der Waals surface area contributed by atoms with Gasteiger partial charge in [0, 0.05) is 16.8 Å². The van der Waals surface area contributed by atoms with E-state index in [1.54, 1.807) is 18.3 Å². The van der Waals surface area contributed by atoms with Crippen molar-refractivity contribution in [2.75, 3.05) is 0 Å². The third-order valence-corrected chi connectivity index (χ3v) is 2.91. The summed E-state index contributed by atoms with van der Waals surface area (Å²) in [6.45, 7) is 2.05. The Morgan fingerprint density at radius 1 is 1.00 bits per heavy atom. The molecule has 0 fully saturated rings. The van der Waals surface area contributed by atoms with Gasteiger partial charge in [0.15, 0.2) is 0 Å². The first-order valence-electron chi connectivity index (χ1n) is 5.21. The van der Waals surface area contributed by atoms with Gasteiger partial charge < -0.3 is 0 Å². The van der Waals surface area contributed by atoms with Gasteiger partial charge in [-0.3, -0.25) is 4.99 Å². The second-order valence-corrected chi connectivity index (χ2v) is 4.60. The van der Waals surface area contributed by atoms with Crippen LogP contribution in [0.25, 0.3) is 0 Å². The van der Waals surface area contributed by atoms with Gasteiger partial charge in [-0.25, -0.2) is 0 Å². The van der Waals surface area contributed by atoms with E-state index in [1.807, 2.05) is 37.3 Å². The van der Waals surface area contributed by atoms with Gasteiger partial charge in [-0.05, 0) is 31.2 Å². The van der Waals surface area contributed by atoms with E-state index in [1.165, 1.54) is 5.56 Å². The summed E-state index contributed by atoms with van der Waals surface area (Å²) in [5, 5.41) is 1.23. The van der Waals surface area contributed by atoms with Crippen molar-refractivity contribution in [1.82, 2.24) is 0 Å². The van der Waals surface area contributed by atoms with Crippen molar-refractivity contribution in [2.24, 2.45) is 4.99 Å². The minimum atomic E-state index is 0.605. The lowest BCUT2D eigenvalue weighted by Crippen LogP contribution is -1.82. The van der Waals surface area contributed by atoms with Crippen molar-refractivity contribution < 1.29 is 0 Å². The number of aliphatic imine (C=N–C) groups is 1. The maximum absolute atomic E-state index is 6.05. The highest BCUT2D eigenvalue weighted by Gasteiger charge is 1.97. The van der Waals surface area contributed by atoms with Crippen LogP contribution in [0.2, 0.25) is 10.0 Å². The molecular formula is C14H11Cl2N. The lowest BCUT2D eigenvalue weighted by molar-refractivity contribution is 1.44. The number of hydrogen-bond donors (Lipinski definition) is 0. The lowest BCUT2D eigenvalue weighted by atomic mass is 10.2. The molecule has 2 rings (SSSR count). The van der Waals surface area contributed by atoms with Crippen LogP contribution in [0.5, 0.6) is 0 Å². The molecule has 0 heterocycles. The third-order valence-electron chi connectivity index (χ3n) is 2.35. The molecule has 1 nitrogen and oxygen atoms in total. The average molecular weight is 264 g/mol. The molecule has 86 valence electrons. The second-order valence-electron chi connectivity index (χ2n) is 3.76. The highest BCUT2D eigenvalue weighted by Crippen LogP contribution is 2.20. The summed E-state index contributed by atoms with van der Waals surface area (Å²) in [6, 6.07) is 13.3. The van der Waals surface area contributed by atoms with Gasteiger partial charge in [0.1, 0.15) is 0 Å². The molecule has 0 amide bonds. The van der Waals surface area contributed by atoms with Crippen molar-refractivity contribution in [1.29, 1.82) is 0 Å². The summed E-state index contributed by atoms with van der Waals surface area (Å²) >= 11 is 11.9. The molecule has 0 aliphatic carbocycles. The van der Waals surface area contributed by atoms with Gasteiger partial charge in [0.2, 0.25) is 0 Å². The van der Waals surface area contributed by atoms with E-state index in [9.17, 15) is 0 Å². The van der Waals surface area contributed by atoms with E-state index in [2.05, 4.69) is 4.99 Å². The van der Waals surface area contributed by atoms with Gasteiger partial charge in [-0.2, -0.15) is 0 Å². The molecule has 0 unspecified atom stereocenters. The molecular weight excluding hydrogens is 253 g/mol. The van der Waals surface area contributed by atoms with Crippen molar-refractivity contribution in [3.63, 3.8) is 0 Å². The Hall–Kier alpha value is -1.31. The first kappa shape index (κ1) is 12.2. The Morgan fingerprint density at radius 3 is 2.35 bits per heavy atom. The molecule has 0 radical (unpaired) electrons. The topological polar surface area (TPSA) is 12.4 Å². The Morgan fingerprint density at radius 2 is 1.71 bits per heavy atom. The predicted molar refractivity (Wildman–Crippen MR) is 74.9 cm³/mol. The standard InChI is InChI=1S/C14H11Cl2N/c1-10-2-6-13(7-3-10)17-9-11-4-5-12(15)8-14(11)16/h2-9H,1H3. The molecule has 17 heavy (non-hydrogen) atoms. The summed E-state index contributed by atoms with van der Waals surface area (Å²) in [5.41, 5.74) is 2.98. The van der Waals surface area contributed by atoms with Crippen LogP contribution in [0.1, 0.15) is 11.1 Å². The van der Waals surface area contributed by atoms with Gasteiger partial charge in [-0.1, -0.05) is 47.0 Å². The fourth-order valence-corrected chi connectivity index (χ4v) is 1.84. The Labute approximate surface area is 111 Å². The zero-order valence-electron chi connectivity index (χ0n) is 9.32. The second kappa shape index (κ2) is 5.35. The summed E-state index contributed by atoms with van der Waals surface area (Å²) in [6.07, 6.45) is 1.74. The van der Waals surface area contributed by atoms with Crippen LogP contribution in [0.4, 0.5) is 5.69 Å². The number of halogens is 2. The van der Waals surface area contributed by atoms with E-state index in [-0.39, 0.29) is 0 Å². The van der Waals surface area contributed by atoms with E-state index in [0.717, 1.165) is 11.3 Å². The highest BCUT2D eigenvalue weighted by atomic mass is 35.5. The largest absolute Gasteiger partial charge is 0.256 e. The zero-order valence-corrected chi connectivity index (χ0v) is 10.8. The number of nitrogens with zero attached hydrogens (tertiary/aromatic N) is 1. The van der Waals surface area contributed by atoms with E-state index in [4.69, 9.17) is 23.2 Å². The molecule has 0 atom stereocenters. The molecule has 0 saturated carbocycles. The fraction of sp³-hybridized carbons (Fsp3) is 0.0714. The molecule has 0 aromatic heterocycles. The summed E-state index contributed by atoms with van der Waals surface area (Å²) < 4.78 is 0. The fourth-order valence-electron chi connectivity index (χ4n) is 1.38. The van der Waals surface area contributed by atoms with Crippen molar-refractivity contribution in [2.45, 2.75) is 6.92 Å². The van der Waals surface area contributed by atoms with Gasteiger partial charge in [0.25, 0.3) is 0 Å².